The molecule has 214 valence electrons. The van der Waals surface area contributed by atoms with Gasteiger partial charge in [0.05, 0.1) is 16.6 Å². The monoisotopic (exact) mass is 581 g/mol. The van der Waals surface area contributed by atoms with Crippen LogP contribution in [0, 0.1) is 25.5 Å². The van der Waals surface area contributed by atoms with Crippen LogP contribution in [0.4, 0.5) is 33.3 Å². The fourth-order valence-electron chi connectivity index (χ4n) is 4.80. The molecule has 0 fully saturated rings. The van der Waals surface area contributed by atoms with Gasteiger partial charge < -0.3 is 20.3 Å². The summed E-state index contributed by atoms with van der Waals surface area (Å²) in [7, 11) is 0. The van der Waals surface area contributed by atoms with Crippen LogP contribution in [0.25, 0.3) is 33.2 Å². The minimum atomic E-state index is -4.79. The molecular weight excluding hydrogens is 561 g/mol. The Balaban J connectivity index is 1.65. The Morgan fingerprint density at radius 2 is 1.50 bits per heavy atom. The molecule has 4 N–H and O–H groups in total. The maximum absolute atomic E-state index is 14.8. The minimum Gasteiger partial charge on any atom is -0.505 e. The second kappa shape index (κ2) is 10.3. The molecule has 0 saturated heterocycles. The third-order valence-electron chi connectivity index (χ3n) is 6.75. The van der Waals surface area contributed by atoms with Crippen molar-refractivity contribution < 1.29 is 42.1 Å². The molecular formula is C30H20F5N3O4. The lowest BCUT2D eigenvalue weighted by Gasteiger charge is -2.16. The number of halogens is 5. The van der Waals surface area contributed by atoms with E-state index in [0.29, 0.717) is 0 Å². The molecule has 0 spiro atoms. The normalized spacial score (nSPS) is 12.0. The summed E-state index contributed by atoms with van der Waals surface area (Å²) in [6.45, 7) is 2.85. The Labute approximate surface area is 234 Å². The van der Waals surface area contributed by atoms with E-state index in [9.17, 15) is 42.1 Å². The lowest BCUT2D eigenvalue weighted by Crippen LogP contribution is -2.08. The predicted molar refractivity (Wildman–Crippen MR) is 144 cm³/mol. The minimum absolute atomic E-state index is 0.0507. The van der Waals surface area contributed by atoms with Crippen LogP contribution in [-0.4, -0.2) is 26.3 Å². The van der Waals surface area contributed by atoms with Gasteiger partial charge in [-0.3, -0.25) is 0 Å². The highest BCUT2D eigenvalue weighted by atomic mass is 19.4. The molecule has 0 aliphatic carbocycles. The van der Waals surface area contributed by atoms with E-state index in [0.717, 1.165) is 18.2 Å². The van der Waals surface area contributed by atoms with Crippen LogP contribution < -0.4 is 0 Å². The molecule has 5 aromatic rings. The van der Waals surface area contributed by atoms with Crippen molar-refractivity contribution >= 4 is 28.2 Å². The Kier molecular flexibility index (Phi) is 6.93. The maximum atomic E-state index is 14.8. The molecule has 0 aliphatic heterocycles. The summed E-state index contributed by atoms with van der Waals surface area (Å²) >= 11 is 0. The van der Waals surface area contributed by atoms with Crippen molar-refractivity contribution in [3.63, 3.8) is 0 Å². The zero-order valence-corrected chi connectivity index (χ0v) is 21.8. The zero-order valence-electron chi connectivity index (χ0n) is 21.8. The number of benzene rings is 4. The Morgan fingerprint density at radius 1 is 0.857 bits per heavy atom. The van der Waals surface area contributed by atoms with Crippen LogP contribution >= 0.6 is 0 Å². The fraction of sp³-hybridized carbons (Fsp3) is 0.100. The number of fused-ring (bicyclic) bond motifs is 1. The number of carboxylic acid groups (broad SMARTS) is 1. The van der Waals surface area contributed by atoms with E-state index in [4.69, 9.17) is 0 Å². The molecule has 1 heterocycles. The number of hydrogen-bond donors (Lipinski definition) is 4. The number of H-pyrrole nitrogens is 1. The first-order valence-corrected chi connectivity index (χ1v) is 12.3. The van der Waals surface area contributed by atoms with E-state index >= 15 is 0 Å². The van der Waals surface area contributed by atoms with Gasteiger partial charge in [0.1, 0.15) is 17.3 Å². The number of phenolic OH excluding ortho intramolecular Hbond substituents is 1. The number of nitrogens with one attached hydrogen (secondary N) is 1. The third kappa shape index (κ3) is 4.80. The average Bonchev–Trinajstić information content (AvgIpc) is 3.24. The standard InChI is InChI=1S/C30H20F5N3O4/c1-13-11-15(12-14(2)23(13)31)22-20(30(33,34)35)10-9-19-25(22)36-28(40)26(19)38-37-21-8-4-6-17(27(21)39)16-5-3-7-18(24(16)32)29(41)42/h3-12,36,39-40H,1-2H3,(H,41,42). The van der Waals surface area contributed by atoms with E-state index in [1.54, 1.807) is 0 Å². The number of phenols is 1. The number of aromatic amines is 1. The highest BCUT2D eigenvalue weighted by Gasteiger charge is 2.36. The number of alkyl halides is 3. The number of nitrogens with zero attached hydrogens (tertiary/aromatic N) is 2. The van der Waals surface area contributed by atoms with Gasteiger partial charge in [0.15, 0.2) is 11.4 Å². The largest absolute Gasteiger partial charge is 0.505 e. The number of hydrogen-bond acceptors (Lipinski definition) is 5. The van der Waals surface area contributed by atoms with E-state index < -0.39 is 46.5 Å². The van der Waals surface area contributed by atoms with Gasteiger partial charge >= 0.3 is 12.1 Å². The Bertz CT molecular complexity index is 1910. The highest BCUT2D eigenvalue weighted by molar-refractivity contribution is 6.04. The second-order valence-electron chi connectivity index (χ2n) is 9.50. The number of aromatic carboxylic acids is 1. The molecule has 1 aromatic heterocycles. The van der Waals surface area contributed by atoms with Crippen LogP contribution in [0.3, 0.4) is 0 Å². The van der Waals surface area contributed by atoms with Gasteiger partial charge in [-0.05, 0) is 66.9 Å². The topological polar surface area (TPSA) is 118 Å². The van der Waals surface area contributed by atoms with E-state index in [2.05, 4.69) is 15.2 Å². The number of para-hydroxylation sites is 1. The highest BCUT2D eigenvalue weighted by Crippen LogP contribution is 2.47. The first-order chi connectivity index (χ1) is 19.8. The molecule has 12 heteroatoms. The van der Waals surface area contributed by atoms with Gasteiger partial charge in [0.2, 0.25) is 5.88 Å². The number of azo groups is 1. The van der Waals surface area contributed by atoms with Crippen LogP contribution in [0.1, 0.15) is 27.0 Å². The summed E-state index contributed by atoms with van der Waals surface area (Å²) < 4.78 is 71.3. The van der Waals surface area contributed by atoms with Gasteiger partial charge in [0.25, 0.3) is 0 Å². The predicted octanol–water partition coefficient (Wildman–Crippen LogP) is 8.94. The number of aryl methyl sites for hydroxylation is 2. The number of rotatable bonds is 5. The fourth-order valence-corrected chi connectivity index (χ4v) is 4.80. The first kappa shape index (κ1) is 28.3. The summed E-state index contributed by atoms with van der Waals surface area (Å²) in [5.41, 5.74) is -2.53. The van der Waals surface area contributed by atoms with Crippen molar-refractivity contribution in [1.82, 2.24) is 4.98 Å². The van der Waals surface area contributed by atoms with Gasteiger partial charge in [0, 0.05) is 22.1 Å². The number of carboxylic acids is 1. The zero-order chi connectivity index (χ0) is 30.5. The lowest BCUT2D eigenvalue weighted by molar-refractivity contribution is -0.137. The molecule has 0 radical (unpaired) electrons. The van der Waals surface area contributed by atoms with Crippen LogP contribution in [0.2, 0.25) is 0 Å². The summed E-state index contributed by atoms with van der Waals surface area (Å²) in [6.07, 6.45) is -4.79. The van der Waals surface area contributed by atoms with Gasteiger partial charge in [-0.15, -0.1) is 10.2 Å². The van der Waals surface area contributed by atoms with Crippen molar-refractivity contribution in [2.24, 2.45) is 10.2 Å². The molecule has 7 nitrogen and oxygen atoms in total. The van der Waals surface area contributed by atoms with Gasteiger partial charge in [-0.2, -0.15) is 13.2 Å². The van der Waals surface area contributed by atoms with Crippen molar-refractivity contribution in [3.8, 4) is 33.9 Å². The molecule has 0 amide bonds. The van der Waals surface area contributed by atoms with Crippen molar-refractivity contribution in [2.75, 3.05) is 0 Å². The average molecular weight is 581 g/mol. The molecule has 0 atom stereocenters. The smallest absolute Gasteiger partial charge is 0.417 e. The number of carbonyl (C=O) groups is 1. The molecule has 42 heavy (non-hydrogen) atoms. The van der Waals surface area contributed by atoms with Crippen LogP contribution in [0.15, 0.2) is 70.9 Å². The quantitative estimate of drug-likeness (QED) is 0.122. The SMILES string of the molecule is Cc1cc(-c2c(C(F)(F)F)ccc3c(N=Nc4cccc(-c5cccc(C(=O)O)c5F)c4O)c(O)[nH]c23)cc(C)c1F. The van der Waals surface area contributed by atoms with Gasteiger partial charge in [-0.25, -0.2) is 13.6 Å². The molecule has 0 saturated carbocycles. The lowest BCUT2D eigenvalue weighted by atomic mass is 9.93. The summed E-state index contributed by atoms with van der Waals surface area (Å²) in [6, 6.07) is 12.1. The molecule has 4 aromatic carbocycles. The molecule has 0 unspecified atom stereocenters. The Hall–Kier alpha value is -5.26. The van der Waals surface area contributed by atoms with E-state index in [1.165, 1.54) is 56.3 Å². The summed E-state index contributed by atoms with van der Waals surface area (Å²) in [5, 5.41) is 38.6. The van der Waals surface area contributed by atoms with Gasteiger partial charge in [-0.1, -0.05) is 24.3 Å². The molecule has 0 bridgehead atoms. The number of aromatic hydroxyl groups is 2. The van der Waals surface area contributed by atoms with Crippen molar-refractivity contribution in [1.29, 1.82) is 0 Å². The Morgan fingerprint density at radius 3 is 2.14 bits per heavy atom. The van der Waals surface area contributed by atoms with E-state index in [-0.39, 0.29) is 55.7 Å². The van der Waals surface area contributed by atoms with Crippen LogP contribution in [0.5, 0.6) is 11.6 Å². The van der Waals surface area contributed by atoms with Crippen LogP contribution in [-0.2, 0) is 6.18 Å². The summed E-state index contributed by atoms with van der Waals surface area (Å²) in [5.74, 6) is -4.32. The van der Waals surface area contributed by atoms with Crippen molar-refractivity contribution in [2.45, 2.75) is 20.0 Å². The van der Waals surface area contributed by atoms with Crippen molar-refractivity contribution in [3.05, 3.63) is 94.6 Å². The molecule has 0 aliphatic rings. The second-order valence-corrected chi connectivity index (χ2v) is 9.50. The maximum Gasteiger partial charge on any atom is 0.417 e. The first-order valence-electron chi connectivity index (χ1n) is 12.3. The summed E-state index contributed by atoms with van der Waals surface area (Å²) in [4.78, 5) is 13.8. The third-order valence-corrected chi connectivity index (χ3v) is 6.75. The molecule has 5 rings (SSSR count). The van der Waals surface area contributed by atoms with E-state index in [1.807, 2.05) is 0 Å². The number of aromatic nitrogens is 1.